The predicted molar refractivity (Wildman–Crippen MR) is 86.5 cm³/mol. The molecule has 8 nitrogen and oxygen atoms in total. The van der Waals surface area contributed by atoms with Gasteiger partial charge in [0.2, 0.25) is 5.91 Å². The fourth-order valence-electron chi connectivity index (χ4n) is 2.93. The van der Waals surface area contributed by atoms with Gasteiger partial charge in [-0.25, -0.2) is 4.39 Å². The lowest BCUT2D eigenvalue weighted by atomic mass is 10.1. The highest BCUT2D eigenvalue weighted by molar-refractivity contribution is 6.08. The van der Waals surface area contributed by atoms with E-state index in [9.17, 15) is 24.1 Å². The van der Waals surface area contributed by atoms with Gasteiger partial charge in [0.05, 0.1) is 10.3 Å². The Balaban J connectivity index is 2.01. The highest BCUT2D eigenvalue weighted by atomic mass is 19.1. The van der Waals surface area contributed by atoms with E-state index in [0.29, 0.717) is 26.2 Å². The Labute approximate surface area is 142 Å². The van der Waals surface area contributed by atoms with Gasteiger partial charge < -0.3 is 9.80 Å². The molecule has 1 aromatic heterocycles. The third kappa shape index (κ3) is 3.00. The third-order valence-electron chi connectivity index (χ3n) is 4.26. The number of amides is 2. The topological polar surface area (TPSA) is 96.7 Å². The summed E-state index contributed by atoms with van der Waals surface area (Å²) in [6.07, 6.45) is 1.26. The molecule has 0 unspecified atom stereocenters. The summed E-state index contributed by atoms with van der Waals surface area (Å²) in [5.41, 5.74) is -0.518. The fourth-order valence-corrected chi connectivity index (χ4v) is 2.93. The average Bonchev–Trinajstić information content (AvgIpc) is 2.61. The molecule has 25 heavy (non-hydrogen) atoms. The molecule has 130 valence electrons. The van der Waals surface area contributed by atoms with Crippen LogP contribution in [0.4, 0.5) is 10.1 Å². The minimum atomic E-state index is -0.659. The van der Waals surface area contributed by atoms with Crippen molar-refractivity contribution in [2.75, 3.05) is 26.2 Å². The maximum atomic E-state index is 14.0. The third-order valence-corrected chi connectivity index (χ3v) is 4.26. The van der Waals surface area contributed by atoms with E-state index >= 15 is 0 Å². The standard InChI is InChI=1S/C16H15FN4O4/c1-10(22)19-6-8-20(9-7-19)16(23)15-14-11(4-5-18-15)12(17)2-3-13(14)21(24)25/h2-5H,6-9H2,1H3. The lowest BCUT2D eigenvalue weighted by Crippen LogP contribution is -2.50. The maximum Gasteiger partial charge on any atom is 0.279 e. The molecular weight excluding hydrogens is 331 g/mol. The normalized spacial score (nSPS) is 14.6. The number of pyridine rings is 1. The Morgan fingerprint density at radius 1 is 1.16 bits per heavy atom. The van der Waals surface area contributed by atoms with E-state index in [1.165, 1.54) is 24.1 Å². The second-order valence-electron chi connectivity index (χ2n) is 5.70. The SMILES string of the molecule is CC(=O)N1CCN(C(=O)c2nccc3c(F)ccc([N+](=O)[O-])c23)CC1. The van der Waals surface area contributed by atoms with Crippen molar-refractivity contribution in [1.82, 2.24) is 14.8 Å². The zero-order valence-corrected chi connectivity index (χ0v) is 13.4. The number of carbonyl (C=O) groups is 2. The summed E-state index contributed by atoms with van der Waals surface area (Å²) in [4.78, 5) is 41.8. The number of benzene rings is 1. The Kier molecular flexibility index (Phi) is 4.30. The molecule has 2 aromatic rings. The number of nitro groups is 1. The molecule has 2 amide bonds. The van der Waals surface area contributed by atoms with Gasteiger partial charge in [0.1, 0.15) is 11.5 Å². The van der Waals surface area contributed by atoms with Crippen molar-refractivity contribution in [3.63, 3.8) is 0 Å². The van der Waals surface area contributed by atoms with E-state index in [-0.39, 0.29) is 28.1 Å². The zero-order chi connectivity index (χ0) is 18.1. The molecule has 0 radical (unpaired) electrons. The number of piperazine rings is 1. The number of nitro benzene ring substituents is 1. The quantitative estimate of drug-likeness (QED) is 0.608. The zero-order valence-electron chi connectivity index (χ0n) is 13.4. The number of aromatic nitrogens is 1. The van der Waals surface area contributed by atoms with Crippen molar-refractivity contribution in [3.05, 3.63) is 46.0 Å². The molecule has 3 rings (SSSR count). The number of rotatable bonds is 2. The molecule has 0 N–H and O–H groups in total. The van der Waals surface area contributed by atoms with Crippen LogP contribution in [0.25, 0.3) is 10.8 Å². The summed E-state index contributed by atoms with van der Waals surface area (Å²) in [5.74, 6) is -1.24. The monoisotopic (exact) mass is 346 g/mol. The van der Waals surface area contributed by atoms with E-state index in [0.717, 1.165) is 12.1 Å². The molecule has 1 saturated heterocycles. The Morgan fingerprint density at radius 2 is 1.80 bits per heavy atom. The average molecular weight is 346 g/mol. The summed E-state index contributed by atoms with van der Waals surface area (Å²) < 4.78 is 14.0. The molecule has 1 aromatic carbocycles. The first kappa shape index (κ1) is 16.7. The van der Waals surface area contributed by atoms with Crippen molar-refractivity contribution >= 4 is 28.3 Å². The minimum absolute atomic E-state index is 0.0186. The summed E-state index contributed by atoms with van der Waals surface area (Å²) in [7, 11) is 0. The minimum Gasteiger partial charge on any atom is -0.339 e. The van der Waals surface area contributed by atoms with Crippen LogP contribution < -0.4 is 0 Å². The smallest absolute Gasteiger partial charge is 0.279 e. The molecule has 0 spiro atoms. The number of non-ortho nitro benzene ring substituents is 1. The molecule has 1 aliphatic heterocycles. The molecule has 0 bridgehead atoms. The second-order valence-corrected chi connectivity index (χ2v) is 5.70. The Hall–Kier alpha value is -3.10. The van der Waals surface area contributed by atoms with Crippen LogP contribution in [0.2, 0.25) is 0 Å². The van der Waals surface area contributed by atoms with Crippen molar-refractivity contribution in [1.29, 1.82) is 0 Å². The van der Waals surface area contributed by atoms with Crippen LogP contribution in [0.5, 0.6) is 0 Å². The number of fused-ring (bicyclic) bond motifs is 1. The highest BCUT2D eigenvalue weighted by Crippen LogP contribution is 2.30. The van der Waals surface area contributed by atoms with Gasteiger partial charge in [-0.1, -0.05) is 0 Å². The Bertz CT molecular complexity index is 878. The van der Waals surface area contributed by atoms with Crippen molar-refractivity contribution in [2.45, 2.75) is 6.92 Å². The fraction of sp³-hybridized carbons (Fsp3) is 0.312. The van der Waals surface area contributed by atoms with Crippen molar-refractivity contribution in [3.8, 4) is 0 Å². The van der Waals surface area contributed by atoms with E-state index in [1.54, 1.807) is 4.90 Å². The van der Waals surface area contributed by atoms with Crippen LogP contribution >= 0.6 is 0 Å². The largest absolute Gasteiger partial charge is 0.339 e. The number of halogens is 1. The molecule has 1 fully saturated rings. The van der Waals surface area contributed by atoms with Gasteiger partial charge in [-0.05, 0) is 12.1 Å². The molecule has 9 heteroatoms. The highest BCUT2D eigenvalue weighted by Gasteiger charge is 2.28. The molecule has 0 aliphatic carbocycles. The van der Waals surface area contributed by atoms with E-state index in [1.807, 2.05) is 0 Å². The number of nitrogens with zero attached hydrogens (tertiary/aromatic N) is 4. The summed E-state index contributed by atoms with van der Waals surface area (Å²) in [6, 6.07) is 3.34. The van der Waals surface area contributed by atoms with Crippen LogP contribution in [0.1, 0.15) is 17.4 Å². The predicted octanol–water partition coefficient (Wildman–Crippen LogP) is 1.59. The maximum absolute atomic E-state index is 14.0. The summed E-state index contributed by atoms with van der Waals surface area (Å²) in [6.45, 7) is 2.79. The van der Waals surface area contributed by atoms with E-state index < -0.39 is 16.6 Å². The van der Waals surface area contributed by atoms with E-state index in [4.69, 9.17) is 0 Å². The Morgan fingerprint density at radius 3 is 2.40 bits per heavy atom. The molecule has 1 aliphatic rings. The lowest BCUT2D eigenvalue weighted by molar-refractivity contribution is -0.383. The summed E-state index contributed by atoms with van der Waals surface area (Å²) >= 11 is 0. The van der Waals surface area contributed by atoms with Crippen LogP contribution in [0.15, 0.2) is 24.4 Å². The van der Waals surface area contributed by atoms with E-state index in [2.05, 4.69) is 4.98 Å². The first-order chi connectivity index (χ1) is 11.9. The van der Waals surface area contributed by atoms with Gasteiger partial charge in [0.25, 0.3) is 11.6 Å². The molecule has 0 atom stereocenters. The van der Waals surface area contributed by atoms with Gasteiger partial charge in [0.15, 0.2) is 0 Å². The lowest BCUT2D eigenvalue weighted by Gasteiger charge is -2.34. The van der Waals surface area contributed by atoms with Crippen LogP contribution in [0, 0.1) is 15.9 Å². The number of carbonyl (C=O) groups excluding carboxylic acids is 2. The van der Waals surface area contributed by atoms with Crippen molar-refractivity contribution < 1.29 is 18.9 Å². The van der Waals surface area contributed by atoms with Crippen LogP contribution in [-0.4, -0.2) is 57.7 Å². The van der Waals surface area contributed by atoms with Gasteiger partial charge in [0, 0.05) is 50.8 Å². The molecular formula is C16H15FN4O4. The first-order valence-electron chi connectivity index (χ1n) is 7.66. The first-order valence-corrected chi connectivity index (χ1v) is 7.66. The van der Waals surface area contributed by atoms with Gasteiger partial charge in [-0.2, -0.15) is 0 Å². The van der Waals surface area contributed by atoms with Gasteiger partial charge in [-0.3, -0.25) is 24.7 Å². The second kappa shape index (κ2) is 6.42. The summed E-state index contributed by atoms with van der Waals surface area (Å²) in [5, 5.41) is 11.2. The van der Waals surface area contributed by atoms with Gasteiger partial charge >= 0.3 is 0 Å². The van der Waals surface area contributed by atoms with Crippen LogP contribution in [-0.2, 0) is 4.79 Å². The molecule has 0 saturated carbocycles. The molecule has 2 heterocycles. The van der Waals surface area contributed by atoms with Crippen molar-refractivity contribution in [2.24, 2.45) is 0 Å². The number of hydrogen-bond donors (Lipinski definition) is 0. The van der Waals surface area contributed by atoms with Crippen LogP contribution in [0.3, 0.4) is 0 Å². The van der Waals surface area contributed by atoms with Gasteiger partial charge in [-0.15, -0.1) is 0 Å². The number of hydrogen-bond acceptors (Lipinski definition) is 5.